The maximum Gasteiger partial charge on any atom is 0.416 e. The van der Waals surface area contributed by atoms with Crippen molar-refractivity contribution in [2.45, 2.75) is 25.2 Å². The summed E-state index contributed by atoms with van der Waals surface area (Å²) in [5.41, 5.74) is -0.798. The van der Waals surface area contributed by atoms with Crippen molar-refractivity contribution in [3.8, 4) is 0 Å². The van der Waals surface area contributed by atoms with Gasteiger partial charge < -0.3 is 9.84 Å². The number of methoxy groups -OCH3 is 1. The Labute approximate surface area is 129 Å². The fourth-order valence-electron chi connectivity index (χ4n) is 2.08. The molecule has 0 bridgehead atoms. The van der Waals surface area contributed by atoms with Crippen LogP contribution in [0, 0.1) is 0 Å². The van der Waals surface area contributed by atoms with Crippen LogP contribution in [0.25, 0.3) is 0 Å². The molecule has 0 aliphatic rings. The molecule has 0 aliphatic carbocycles. The Bertz CT molecular complexity index is 685. The van der Waals surface area contributed by atoms with E-state index in [1.54, 1.807) is 0 Å². The van der Waals surface area contributed by atoms with Gasteiger partial charge >= 0.3 is 12.1 Å². The highest BCUT2D eigenvalue weighted by Crippen LogP contribution is 2.32. The number of carbonyl (C=O) groups excluding carboxylic acids is 1. The molecule has 0 amide bonds. The second-order valence-corrected chi connectivity index (χ2v) is 4.79. The Morgan fingerprint density at radius 3 is 2.74 bits per heavy atom. The highest BCUT2D eigenvalue weighted by Gasteiger charge is 2.33. The molecule has 124 valence electrons. The highest BCUT2D eigenvalue weighted by molar-refractivity contribution is 5.84. The van der Waals surface area contributed by atoms with Crippen molar-refractivity contribution >= 4 is 5.97 Å². The molecule has 1 atom stereocenters. The summed E-state index contributed by atoms with van der Waals surface area (Å²) >= 11 is 0. The molecule has 2 rings (SSSR count). The summed E-state index contributed by atoms with van der Waals surface area (Å²) in [5.74, 6) is -0.920. The molecule has 1 aromatic carbocycles. The van der Waals surface area contributed by atoms with Gasteiger partial charge in [0.05, 0.1) is 25.3 Å². The van der Waals surface area contributed by atoms with Crippen LogP contribution in [0.1, 0.15) is 21.7 Å². The third-order valence-corrected chi connectivity index (χ3v) is 3.08. The standard InChI is InChI=1S/C14H14F3N3O3/c1-23-13(22)12-18-8-20(19-12)7-10(21)6-9-4-2-3-5-11(9)14(15,16)17/h2-5,8,10,21H,6-7H2,1H3/t10-/m0/s1. The summed E-state index contributed by atoms with van der Waals surface area (Å²) in [6.45, 7) is -0.101. The van der Waals surface area contributed by atoms with Crippen molar-refractivity contribution in [2.24, 2.45) is 0 Å². The lowest BCUT2D eigenvalue weighted by atomic mass is 10.0. The number of alkyl halides is 3. The predicted octanol–water partition coefficient (Wildman–Crippen LogP) is 1.69. The number of benzene rings is 1. The van der Waals surface area contributed by atoms with Crippen LogP contribution in [-0.4, -0.2) is 39.1 Å². The number of nitrogens with zero attached hydrogens (tertiary/aromatic N) is 3. The molecular formula is C14H14F3N3O3. The minimum Gasteiger partial charge on any atom is -0.463 e. The molecule has 9 heteroatoms. The first-order chi connectivity index (χ1) is 10.8. The first kappa shape index (κ1) is 16.9. The minimum atomic E-state index is -4.48. The van der Waals surface area contributed by atoms with Gasteiger partial charge in [-0.1, -0.05) is 18.2 Å². The van der Waals surface area contributed by atoms with Crippen LogP contribution in [0.4, 0.5) is 13.2 Å². The molecule has 0 fully saturated rings. The summed E-state index contributed by atoms with van der Waals surface area (Å²) in [7, 11) is 1.17. The van der Waals surface area contributed by atoms with Crippen LogP contribution in [-0.2, 0) is 23.9 Å². The van der Waals surface area contributed by atoms with Crippen molar-refractivity contribution in [2.75, 3.05) is 7.11 Å². The maximum atomic E-state index is 12.9. The lowest BCUT2D eigenvalue weighted by Crippen LogP contribution is -2.21. The number of esters is 1. The smallest absolute Gasteiger partial charge is 0.416 e. The van der Waals surface area contributed by atoms with Crippen molar-refractivity contribution < 1.29 is 27.8 Å². The van der Waals surface area contributed by atoms with E-state index in [4.69, 9.17) is 0 Å². The number of aliphatic hydroxyl groups is 1. The molecular weight excluding hydrogens is 315 g/mol. The van der Waals surface area contributed by atoms with E-state index in [1.807, 2.05) is 0 Å². The van der Waals surface area contributed by atoms with Crippen LogP contribution in [0.2, 0.25) is 0 Å². The van der Waals surface area contributed by atoms with E-state index in [0.29, 0.717) is 0 Å². The predicted molar refractivity (Wildman–Crippen MR) is 72.5 cm³/mol. The van der Waals surface area contributed by atoms with E-state index in [0.717, 1.165) is 6.07 Å². The van der Waals surface area contributed by atoms with Crippen molar-refractivity contribution in [3.63, 3.8) is 0 Å². The summed E-state index contributed by atoms with van der Waals surface area (Å²) in [6.07, 6.45) is -4.61. The molecule has 0 radical (unpaired) electrons. The second kappa shape index (κ2) is 6.78. The third-order valence-electron chi connectivity index (χ3n) is 3.08. The van der Waals surface area contributed by atoms with Gasteiger partial charge in [-0.15, -0.1) is 5.10 Å². The van der Waals surface area contributed by atoms with E-state index >= 15 is 0 Å². The fraction of sp³-hybridized carbons (Fsp3) is 0.357. The van der Waals surface area contributed by atoms with Gasteiger partial charge in [0.15, 0.2) is 0 Å². The quantitative estimate of drug-likeness (QED) is 0.845. The average Bonchev–Trinajstić information content (AvgIpc) is 2.94. The number of aliphatic hydroxyl groups excluding tert-OH is 1. The van der Waals surface area contributed by atoms with Crippen LogP contribution in [0.5, 0.6) is 0 Å². The van der Waals surface area contributed by atoms with Gasteiger partial charge in [0.2, 0.25) is 0 Å². The third kappa shape index (κ3) is 4.28. The summed E-state index contributed by atoms with van der Waals surface area (Å²) < 4.78 is 44.3. The van der Waals surface area contributed by atoms with Crippen LogP contribution < -0.4 is 0 Å². The van der Waals surface area contributed by atoms with Crippen LogP contribution in [0.3, 0.4) is 0 Å². The molecule has 1 aromatic heterocycles. The van der Waals surface area contributed by atoms with E-state index in [9.17, 15) is 23.1 Å². The van der Waals surface area contributed by atoms with E-state index < -0.39 is 23.8 Å². The van der Waals surface area contributed by atoms with Gasteiger partial charge in [-0.05, 0) is 11.6 Å². The molecule has 0 unspecified atom stereocenters. The largest absolute Gasteiger partial charge is 0.463 e. The zero-order valence-corrected chi connectivity index (χ0v) is 12.1. The van der Waals surface area contributed by atoms with E-state index in [1.165, 1.54) is 36.3 Å². The lowest BCUT2D eigenvalue weighted by molar-refractivity contribution is -0.138. The van der Waals surface area contributed by atoms with Crippen LogP contribution in [0.15, 0.2) is 30.6 Å². The molecule has 0 spiro atoms. The SMILES string of the molecule is COC(=O)c1ncn(C[C@@H](O)Cc2ccccc2C(F)(F)F)n1. The number of aromatic nitrogens is 3. The zero-order valence-electron chi connectivity index (χ0n) is 12.1. The number of rotatable bonds is 5. The summed E-state index contributed by atoms with van der Waals surface area (Å²) in [4.78, 5) is 14.9. The van der Waals surface area contributed by atoms with Crippen molar-refractivity contribution in [1.29, 1.82) is 0 Å². The second-order valence-electron chi connectivity index (χ2n) is 4.79. The topological polar surface area (TPSA) is 77.2 Å². The van der Waals surface area contributed by atoms with Gasteiger partial charge in [0, 0.05) is 6.42 Å². The summed E-state index contributed by atoms with van der Waals surface area (Å²) in [5, 5.41) is 13.8. The Kier molecular flexibility index (Phi) is 4.99. The zero-order chi connectivity index (χ0) is 17.0. The Morgan fingerprint density at radius 1 is 1.39 bits per heavy atom. The Morgan fingerprint density at radius 2 is 2.09 bits per heavy atom. The molecule has 1 N–H and O–H groups in total. The molecule has 23 heavy (non-hydrogen) atoms. The molecule has 1 heterocycles. The monoisotopic (exact) mass is 329 g/mol. The Hall–Kier alpha value is -2.42. The highest BCUT2D eigenvalue weighted by atomic mass is 19.4. The van der Waals surface area contributed by atoms with Gasteiger partial charge in [-0.25, -0.2) is 14.5 Å². The fourth-order valence-corrected chi connectivity index (χ4v) is 2.08. The lowest BCUT2D eigenvalue weighted by Gasteiger charge is -2.15. The average molecular weight is 329 g/mol. The van der Waals surface area contributed by atoms with E-state index in [2.05, 4.69) is 14.8 Å². The first-order valence-electron chi connectivity index (χ1n) is 6.62. The van der Waals surface area contributed by atoms with Gasteiger partial charge in [-0.2, -0.15) is 13.2 Å². The molecule has 0 saturated carbocycles. The van der Waals surface area contributed by atoms with Gasteiger partial charge in [0.1, 0.15) is 6.33 Å². The number of halogens is 3. The van der Waals surface area contributed by atoms with Gasteiger partial charge in [-0.3, -0.25) is 0 Å². The van der Waals surface area contributed by atoms with Gasteiger partial charge in [0.25, 0.3) is 5.82 Å². The number of hydrogen-bond donors (Lipinski definition) is 1. The first-order valence-corrected chi connectivity index (χ1v) is 6.62. The minimum absolute atomic E-state index is 0.0131. The molecule has 0 saturated heterocycles. The Balaban J connectivity index is 2.07. The van der Waals surface area contributed by atoms with Crippen molar-refractivity contribution in [3.05, 3.63) is 47.5 Å². The molecule has 0 aliphatic heterocycles. The molecule has 6 nitrogen and oxygen atoms in total. The maximum absolute atomic E-state index is 12.9. The number of ether oxygens (including phenoxy) is 1. The molecule has 2 aromatic rings. The summed E-state index contributed by atoms with van der Waals surface area (Å²) in [6, 6.07) is 5.04. The number of carbonyl (C=O) groups is 1. The normalized spacial score (nSPS) is 12.9. The van der Waals surface area contributed by atoms with Crippen LogP contribution >= 0.6 is 0 Å². The number of hydrogen-bond acceptors (Lipinski definition) is 5. The van der Waals surface area contributed by atoms with E-state index in [-0.39, 0.29) is 24.4 Å². The van der Waals surface area contributed by atoms with Crippen molar-refractivity contribution in [1.82, 2.24) is 14.8 Å².